The van der Waals surface area contributed by atoms with Gasteiger partial charge in [0.15, 0.2) is 0 Å². The number of hydrogen-bond donors (Lipinski definition) is 1. The highest BCUT2D eigenvalue weighted by molar-refractivity contribution is 4.94. The van der Waals surface area contributed by atoms with Gasteiger partial charge in [0.25, 0.3) is 0 Å². The van der Waals surface area contributed by atoms with Crippen LogP contribution in [0.1, 0.15) is 53.4 Å². The van der Waals surface area contributed by atoms with Crippen molar-refractivity contribution >= 4 is 0 Å². The van der Waals surface area contributed by atoms with E-state index >= 15 is 0 Å². The van der Waals surface area contributed by atoms with Crippen LogP contribution in [-0.4, -0.2) is 49.3 Å². The van der Waals surface area contributed by atoms with Crippen molar-refractivity contribution in [3.05, 3.63) is 0 Å². The van der Waals surface area contributed by atoms with Crippen LogP contribution in [0.25, 0.3) is 0 Å². The molecular weight excluding hydrogens is 236 g/mol. The van der Waals surface area contributed by atoms with Crippen molar-refractivity contribution in [1.82, 2.24) is 10.2 Å². The molecule has 112 valence electrons. The Bertz CT molecular complexity index is 282. The van der Waals surface area contributed by atoms with Gasteiger partial charge in [-0.05, 0) is 32.1 Å². The molecule has 0 aromatic carbocycles. The lowest BCUT2D eigenvalue weighted by Crippen LogP contribution is -2.57. The zero-order valence-electron chi connectivity index (χ0n) is 13.3. The maximum Gasteiger partial charge on any atom is 0.0645 e. The smallest absolute Gasteiger partial charge is 0.0645 e. The van der Waals surface area contributed by atoms with Gasteiger partial charge in [-0.15, -0.1) is 0 Å². The second-order valence-electron chi connectivity index (χ2n) is 7.53. The summed E-state index contributed by atoms with van der Waals surface area (Å²) in [6.45, 7) is 14.4. The van der Waals surface area contributed by atoms with Crippen molar-refractivity contribution in [3.8, 4) is 0 Å². The lowest BCUT2D eigenvalue weighted by atomic mass is 9.83. The highest BCUT2D eigenvalue weighted by Crippen LogP contribution is 2.40. The first kappa shape index (κ1) is 15.3. The number of rotatable bonds is 5. The molecule has 1 heterocycles. The van der Waals surface area contributed by atoms with Crippen LogP contribution in [0.5, 0.6) is 0 Å². The Labute approximate surface area is 119 Å². The molecule has 3 heteroatoms. The summed E-state index contributed by atoms with van der Waals surface area (Å²) in [6, 6.07) is 0.593. The molecule has 0 unspecified atom stereocenters. The summed E-state index contributed by atoms with van der Waals surface area (Å²) < 4.78 is 5.65. The fraction of sp³-hybridized carbons (Fsp3) is 1.00. The molecule has 0 amide bonds. The van der Waals surface area contributed by atoms with E-state index in [0.29, 0.717) is 11.5 Å². The average molecular weight is 268 g/mol. The summed E-state index contributed by atoms with van der Waals surface area (Å²) >= 11 is 0. The lowest BCUT2D eigenvalue weighted by molar-refractivity contribution is -0.0677. The quantitative estimate of drug-likeness (QED) is 0.829. The molecule has 0 radical (unpaired) electrons. The van der Waals surface area contributed by atoms with E-state index in [9.17, 15) is 0 Å². The Kier molecular flexibility index (Phi) is 4.91. The third-order valence-electron chi connectivity index (χ3n) is 4.89. The number of nitrogens with zero attached hydrogens (tertiary/aromatic N) is 1. The van der Waals surface area contributed by atoms with Gasteiger partial charge in [-0.3, -0.25) is 4.90 Å². The van der Waals surface area contributed by atoms with Gasteiger partial charge in [0.2, 0.25) is 0 Å². The molecule has 3 nitrogen and oxygen atoms in total. The normalized spacial score (nSPS) is 27.0. The van der Waals surface area contributed by atoms with Crippen LogP contribution in [0.3, 0.4) is 0 Å². The topological polar surface area (TPSA) is 24.5 Å². The summed E-state index contributed by atoms with van der Waals surface area (Å²) in [7, 11) is 0. The summed E-state index contributed by atoms with van der Waals surface area (Å²) in [5.41, 5.74) is 0.699. The molecule has 1 aliphatic heterocycles. The lowest BCUT2D eigenvalue weighted by Gasteiger charge is -2.46. The van der Waals surface area contributed by atoms with Crippen LogP contribution in [0, 0.1) is 5.41 Å². The van der Waals surface area contributed by atoms with E-state index in [1.165, 1.54) is 38.8 Å². The molecule has 2 fully saturated rings. The average Bonchev–Trinajstić information content (AvgIpc) is 2.79. The van der Waals surface area contributed by atoms with Crippen molar-refractivity contribution in [2.75, 3.05) is 32.8 Å². The van der Waals surface area contributed by atoms with E-state index < -0.39 is 0 Å². The fourth-order valence-electron chi connectivity index (χ4n) is 3.53. The standard InChI is InChI=1S/C16H32N2O/c1-14(2)17-11-16(7-5-6-8-16)12-18-9-10-19-13-15(18,3)4/h14,17H,5-13H2,1-4H3. The molecule has 0 atom stereocenters. The first-order valence-corrected chi connectivity index (χ1v) is 8.00. The Morgan fingerprint density at radius 1 is 1.21 bits per heavy atom. The van der Waals surface area contributed by atoms with E-state index in [-0.39, 0.29) is 5.54 Å². The molecule has 19 heavy (non-hydrogen) atoms. The molecule has 2 aliphatic rings. The number of ether oxygens (including phenoxy) is 1. The molecular formula is C16H32N2O. The largest absolute Gasteiger partial charge is 0.378 e. The molecule has 1 saturated carbocycles. The highest BCUT2D eigenvalue weighted by Gasteiger charge is 2.40. The van der Waals surface area contributed by atoms with Gasteiger partial charge in [-0.1, -0.05) is 26.7 Å². The zero-order chi connectivity index (χ0) is 13.9. The Balaban J connectivity index is 1.99. The summed E-state index contributed by atoms with van der Waals surface area (Å²) in [6.07, 6.45) is 5.59. The molecule has 1 saturated heterocycles. The third-order valence-corrected chi connectivity index (χ3v) is 4.89. The van der Waals surface area contributed by atoms with Crippen molar-refractivity contribution in [1.29, 1.82) is 0 Å². The van der Waals surface area contributed by atoms with E-state index in [1.807, 2.05) is 0 Å². The van der Waals surface area contributed by atoms with Crippen molar-refractivity contribution < 1.29 is 4.74 Å². The fourth-order valence-corrected chi connectivity index (χ4v) is 3.53. The predicted octanol–water partition coefficient (Wildman–Crippen LogP) is 2.66. The van der Waals surface area contributed by atoms with Crippen molar-refractivity contribution in [2.45, 2.75) is 65.0 Å². The first-order valence-electron chi connectivity index (χ1n) is 8.00. The van der Waals surface area contributed by atoms with E-state index in [0.717, 1.165) is 19.8 Å². The summed E-state index contributed by atoms with van der Waals surface area (Å²) in [4.78, 5) is 2.67. The summed E-state index contributed by atoms with van der Waals surface area (Å²) in [5.74, 6) is 0. The molecule has 0 aromatic heterocycles. The van der Waals surface area contributed by atoms with Crippen LogP contribution < -0.4 is 5.32 Å². The minimum absolute atomic E-state index is 0.200. The van der Waals surface area contributed by atoms with Crippen LogP contribution in [0.2, 0.25) is 0 Å². The zero-order valence-corrected chi connectivity index (χ0v) is 13.3. The Morgan fingerprint density at radius 3 is 2.47 bits per heavy atom. The molecule has 1 aliphatic carbocycles. The van der Waals surface area contributed by atoms with Crippen LogP contribution in [0.15, 0.2) is 0 Å². The molecule has 0 bridgehead atoms. The number of hydrogen-bond acceptors (Lipinski definition) is 3. The van der Waals surface area contributed by atoms with Gasteiger partial charge in [-0.2, -0.15) is 0 Å². The van der Waals surface area contributed by atoms with Crippen molar-refractivity contribution in [3.63, 3.8) is 0 Å². The Morgan fingerprint density at radius 2 is 1.89 bits per heavy atom. The number of nitrogens with one attached hydrogen (secondary N) is 1. The van der Waals surface area contributed by atoms with Crippen molar-refractivity contribution in [2.24, 2.45) is 5.41 Å². The third kappa shape index (κ3) is 3.93. The SMILES string of the molecule is CC(C)NCC1(CN2CCOCC2(C)C)CCCC1. The predicted molar refractivity (Wildman–Crippen MR) is 80.5 cm³/mol. The van der Waals surface area contributed by atoms with Gasteiger partial charge in [0.1, 0.15) is 0 Å². The van der Waals surface area contributed by atoms with Gasteiger partial charge in [0.05, 0.1) is 13.2 Å². The van der Waals surface area contributed by atoms with E-state index in [2.05, 4.69) is 37.9 Å². The maximum atomic E-state index is 5.65. The molecule has 1 N–H and O–H groups in total. The monoisotopic (exact) mass is 268 g/mol. The van der Waals surface area contributed by atoms with Crippen LogP contribution in [0.4, 0.5) is 0 Å². The van der Waals surface area contributed by atoms with Gasteiger partial charge in [-0.25, -0.2) is 0 Å². The maximum absolute atomic E-state index is 5.65. The molecule has 2 rings (SSSR count). The second kappa shape index (κ2) is 6.11. The minimum Gasteiger partial charge on any atom is -0.378 e. The minimum atomic E-state index is 0.200. The van der Waals surface area contributed by atoms with Gasteiger partial charge >= 0.3 is 0 Å². The molecule has 0 aromatic rings. The van der Waals surface area contributed by atoms with Gasteiger partial charge in [0, 0.05) is 31.2 Å². The van der Waals surface area contributed by atoms with E-state index in [4.69, 9.17) is 4.74 Å². The van der Waals surface area contributed by atoms with Crippen LogP contribution >= 0.6 is 0 Å². The highest BCUT2D eigenvalue weighted by atomic mass is 16.5. The summed E-state index contributed by atoms with van der Waals surface area (Å²) in [5, 5.41) is 3.69. The van der Waals surface area contributed by atoms with Gasteiger partial charge < -0.3 is 10.1 Å². The Hall–Kier alpha value is -0.120. The van der Waals surface area contributed by atoms with Crippen LogP contribution in [-0.2, 0) is 4.74 Å². The van der Waals surface area contributed by atoms with E-state index in [1.54, 1.807) is 0 Å². The number of morpholine rings is 1. The second-order valence-corrected chi connectivity index (χ2v) is 7.53. The molecule has 0 spiro atoms. The first-order chi connectivity index (χ1) is 8.94.